The first kappa shape index (κ1) is 15.6. The molecule has 5 heteroatoms. The lowest BCUT2D eigenvalue weighted by atomic mass is 10.2. The lowest BCUT2D eigenvalue weighted by Crippen LogP contribution is -2.33. The smallest absolute Gasteiger partial charge is 0.276 e. The lowest BCUT2D eigenvalue weighted by Gasteiger charge is -2.21. The highest BCUT2D eigenvalue weighted by Crippen LogP contribution is 2.30. The van der Waals surface area contributed by atoms with Gasteiger partial charge in [-0.3, -0.25) is 4.79 Å². The molecule has 126 valence electrons. The summed E-state index contributed by atoms with van der Waals surface area (Å²) in [5.41, 5.74) is 3.08. The van der Waals surface area contributed by atoms with Crippen LogP contribution in [0.5, 0.6) is 0 Å². The molecule has 0 bridgehead atoms. The van der Waals surface area contributed by atoms with Gasteiger partial charge >= 0.3 is 0 Å². The fourth-order valence-corrected chi connectivity index (χ4v) is 2.92. The Morgan fingerprint density at radius 3 is 2.32 bits per heavy atom. The maximum Gasteiger partial charge on any atom is 0.276 e. The Morgan fingerprint density at radius 1 is 1.04 bits per heavy atom. The van der Waals surface area contributed by atoms with E-state index in [9.17, 15) is 4.79 Å². The molecule has 5 nitrogen and oxygen atoms in total. The molecule has 1 aromatic heterocycles. The van der Waals surface area contributed by atoms with E-state index in [-0.39, 0.29) is 5.91 Å². The van der Waals surface area contributed by atoms with Crippen LogP contribution < -0.4 is 0 Å². The minimum absolute atomic E-state index is 0.0361. The van der Waals surface area contributed by atoms with Gasteiger partial charge in [-0.2, -0.15) is 9.90 Å². The van der Waals surface area contributed by atoms with Crippen LogP contribution in [0.15, 0.2) is 60.7 Å². The Balaban J connectivity index is 1.61. The fraction of sp³-hybridized carbons (Fsp3) is 0.250. The van der Waals surface area contributed by atoms with Crippen molar-refractivity contribution in [3.63, 3.8) is 0 Å². The SMILES string of the molecule is Cc1nn(-c2ccccc2)nc1C(=O)N(Cc1ccccc1)C1CC1. The summed E-state index contributed by atoms with van der Waals surface area (Å²) in [6.07, 6.45) is 2.12. The molecule has 1 fully saturated rings. The van der Waals surface area contributed by atoms with E-state index < -0.39 is 0 Å². The second kappa shape index (κ2) is 6.51. The monoisotopic (exact) mass is 332 g/mol. The second-order valence-corrected chi connectivity index (χ2v) is 6.41. The Hall–Kier alpha value is -2.95. The van der Waals surface area contributed by atoms with Crippen LogP contribution in [0, 0.1) is 6.92 Å². The van der Waals surface area contributed by atoms with E-state index in [0.717, 1.165) is 24.1 Å². The van der Waals surface area contributed by atoms with Gasteiger partial charge in [0.2, 0.25) is 0 Å². The van der Waals surface area contributed by atoms with Gasteiger partial charge in [-0.05, 0) is 37.5 Å². The van der Waals surface area contributed by atoms with Gasteiger partial charge in [-0.15, -0.1) is 5.10 Å². The normalized spacial score (nSPS) is 13.6. The largest absolute Gasteiger partial charge is 0.330 e. The minimum atomic E-state index is -0.0361. The number of amides is 1. The van der Waals surface area contributed by atoms with Crippen LogP contribution in [-0.4, -0.2) is 31.8 Å². The van der Waals surface area contributed by atoms with Crippen molar-refractivity contribution in [2.24, 2.45) is 0 Å². The number of para-hydroxylation sites is 1. The predicted octanol–water partition coefficient (Wildman–Crippen LogP) is 3.38. The number of hydrogen-bond acceptors (Lipinski definition) is 3. The van der Waals surface area contributed by atoms with Crippen LogP contribution in [0.3, 0.4) is 0 Å². The molecule has 25 heavy (non-hydrogen) atoms. The van der Waals surface area contributed by atoms with Crippen molar-refractivity contribution >= 4 is 5.91 Å². The summed E-state index contributed by atoms with van der Waals surface area (Å²) in [4.78, 5) is 16.6. The van der Waals surface area contributed by atoms with Crippen LogP contribution in [0.1, 0.15) is 34.6 Å². The molecule has 3 aromatic rings. The molecule has 0 unspecified atom stereocenters. The van der Waals surface area contributed by atoms with Gasteiger partial charge in [-0.1, -0.05) is 48.5 Å². The number of aromatic nitrogens is 3. The highest BCUT2D eigenvalue weighted by atomic mass is 16.2. The topological polar surface area (TPSA) is 51.0 Å². The molecule has 0 N–H and O–H groups in total. The zero-order valence-electron chi connectivity index (χ0n) is 14.2. The van der Waals surface area contributed by atoms with Gasteiger partial charge in [0.1, 0.15) is 0 Å². The molecular weight excluding hydrogens is 312 g/mol. The molecule has 1 aliphatic rings. The van der Waals surface area contributed by atoms with Crippen LogP contribution in [0.25, 0.3) is 5.69 Å². The number of carbonyl (C=O) groups is 1. The third kappa shape index (κ3) is 3.31. The quantitative estimate of drug-likeness (QED) is 0.720. The van der Waals surface area contributed by atoms with Crippen molar-refractivity contribution in [1.29, 1.82) is 0 Å². The van der Waals surface area contributed by atoms with Gasteiger partial charge in [-0.25, -0.2) is 0 Å². The average molecular weight is 332 g/mol. The molecule has 0 saturated heterocycles. The molecule has 4 rings (SSSR count). The minimum Gasteiger partial charge on any atom is -0.330 e. The number of nitrogens with zero attached hydrogens (tertiary/aromatic N) is 4. The molecular formula is C20H20N4O. The van der Waals surface area contributed by atoms with E-state index in [0.29, 0.717) is 24.0 Å². The zero-order chi connectivity index (χ0) is 17.2. The molecule has 0 atom stereocenters. The predicted molar refractivity (Wildman–Crippen MR) is 95.4 cm³/mol. The maximum absolute atomic E-state index is 13.1. The first-order valence-electron chi connectivity index (χ1n) is 8.56. The number of hydrogen-bond donors (Lipinski definition) is 0. The second-order valence-electron chi connectivity index (χ2n) is 6.41. The highest BCUT2D eigenvalue weighted by Gasteiger charge is 2.35. The summed E-state index contributed by atoms with van der Waals surface area (Å²) in [5.74, 6) is -0.0361. The Labute approximate surface area is 146 Å². The van der Waals surface area contributed by atoms with Crippen LogP contribution in [0.2, 0.25) is 0 Å². The number of benzene rings is 2. The van der Waals surface area contributed by atoms with Crippen molar-refractivity contribution in [1.82, 2.24) is 19.9 Å². The molecule has 1 amide bonds. The van der Waals surface area contributed by atoms with E-state index in [4.69, 9.17) is 0 Å². The summed E-state index contributed by atoms with van der Waals surface area (Å²) in [6, 6.07) is 20.1. The van der Waals surface area contributed by atoms with E-state index in [1.54, 1.807) is 0 Å². The summed E-state index contributed by atoms with van der Waals surface area (Å²) in [7, 11) is 0. The number of rotatable bonds is 5. The van der Waals surface area contributed by atoms with Crippen molar-refractivity contribution in [3.05, 3.63) is 77.6 Å². The van der Waals surface area contributed by atoms with Crippen molar-refractivity contribution in [2.75, 3.05) is 0 Å². The van der Waals surface area contributed by atoms with Crippen molar-refractivity contribution < 1.29 is 4.79 Å². The van der Waals surface area contributed by atoms with Crippen LogP contribution >= 0.6 is 0 Å². The molecule has 0 radical (unpaired) electrons. The summed E-state index contributed by atoms with van der Waals surface area (Å²) in [6.45, 7) is 2.45. The zero-order valence-corrected chi connectivity index (χ0v) is 14.2. The van der Waals surface area contributed by atoms with Crippen LogP contribution in [0.4, 0.5) is 0 Å². The molecule has 1 saturated carbocycles. The van der Waals surface area contributed by atoms with E-state index in [1.807, 2.05) is 60.4 Å². The summed E-state index contributed by atoms with van der Waals surface area (Å²) >= 11 is 0. The molecule has 2 aromatic carbocycles. The Bertz CT molecular complexity index is 869. The average Bonchev–Trinajstić information content (AvgIpc) is 3.42. The third-order valence-corrected chi connectivity index (χ3v) is 4.42. The fourth-order valence-electron chi connectivity index (χ4n) is 2.92. The molecule has 1 aliphatic carbocycles. The molecule has 0 spiro atoms. The van der Waals surface area contributed by atoms with Crippen molar-refractivity contribution in [2.45, 2.75) is 32.4 Å². The molecule has 1 heterocycles. The van der Waals surface area contributed by atoms with E-state index >= 15 is 0 Å². The number of aryl methyl sites for hydroxylation is 1. The first-order valence-corrected chi connectivity index (χ1v) is 8.56. The van der Waals surface area contributed by atoms with Gasteiger partial charge in [0, 0.05) is 12.6 Å². The highest BCUT2D eigenvalue weighted by molar-refractivity contribution is 5.93. The molecule has 0 aliphatic heterocycles. The lowest BCUT2D eigenvalue weighted by molar-refractivity contribution is 0.0722. The Kier molecular flexibility index (Phi) is 4.06. The summed E-state index contributed by atoms with van der Waals surface area (Å²) < 4.78 is 0. The van der Waals surface area contributed by atoms with Gasteiger partial charge in [0.25, 0.3) is 5.91 Å². The van der Waals surface area contributed by atoms with E-state index in [1.165, 1.54) is 4.80 Å². The van der Waals surface area contributed by atoms with Crippen LogP contribution in [-0.2, 0) is 6.54 Å². The number of carbonyl (C=O) groups excluding carboxylic acids is 1. The summed E-state index contributed by atoms with van der Waals surface area (Å²) in [5, 5.41) is 8.90. The van der Waals surface area contributed by atoms with Gasteiger partial charge in [0.05, 0.1) is 11.4 Å². The standard InChI is InChI=1S/C20H20N4O/c1-15-19(22-24(21-15)18-10-6-3-7-11-18)20(25)23(17-12-13-17)14-16-8-4-2-5-9-16/h2-11,17H,12-14H2,1H3. The first-order chi connectivity index (χ1) is 12.2. The van der Waals surface area contributed by atoms with Gasteiger partial charge in [0.15, 0.2) is 5.69 Å². The van der Waals surface area contributed by atoms with E-state index in [2.05, 4.69) is 22.3 Å². The third-order valence-electron chi connectivity index (χ3n) is 4.42. The van der Waals surface area contributed by atoms with Crippen molar-refractivity contribution in [3.8, 4) is 5.69 Å². The Morgan fingerprint density at radius 2 is 1.68 bits per heavy atom. The maximum atomic E-state index is 13.1. The van der Waals surface area contributed by atoms with Gasteiger partial charge < -0.3 is 4.90 Å².